The fraction of sp³-hybridized carbons (Fsp3) is 0.467. The molecule has 1 rings (SSSR count). The van der Waals surface area contributed by atoms with Crippen LogP contribution in [0.15, 0.2) is 30.3 Å². The number of amides is 1. The monoisotopic (exact) mass is 324 g/mol. The second-order valence-electron chi connectivity index (χ2n) is 4.43. The minimum absolute atomic E-state index is 0.200. The van der Waals surface area contributed by atoms with E-state index in [0.29, 0.717) is 5.56 Å². The zero-order valence-electron chi connectivity index (χ0n) is 12.8. The first-order chi connectivity index (χ1) is 10.6. The highest BCUT2D eigenvalue weighted by Crippen LogP contribution is 2.53. The van der Waals surface area contributed by atoms with Gasteiger partial charge in [-0.1, -0.05) is 18.2 Å². The molecule has 1 atom stereocenters. The van der Waals surface area contributed by atoms with E-state index in [0.717, 1.165) is 0 Å². The van der Waals surface area contributed by atoms with Crippen molar-refractivity contribution in [1.82, 2.24) is 5.32 Å². The number of carbonyl (C=O) groups excluding carboxylic acids is 1. The fourth-order valence-corrected chi connectivity index (χ4v) is 3.63. The van der Waals surface area contributed by atoms with Crippen molar-refractivity contribution in [3.63, 3.8) is 0 Å². The summed E-state index contributed by atoms with van der Waals surface area (Å²) in [5, 5.41) is 11.9. The second-order valence-corrected chi connectivity index (χ2v) is 6.65. The highest BCUT2D eigenvalue weighted by molar-refractivity contribution is 7.55. The van der Waals surface area contributed by atoms with E-state index in [1.807, 2.05) is 12.1 Å². The van der Waals surface area contributed by atoms with Crippen molar-refractivity contribution in [1.29, 1.82) is 5.26 Å². The van der Waals surface area contributed by atoms with Gasteiger partial charge in [-0.15, -0.1) is 0 Å². The van der Waals surface area contributed by atoms with Crippen molar-refractivity contribution in [3.8, 4) is 6.07 Å². The number of benzene rings is 1. The predicted octanol–water partition coefficient (Wildman–Crippen LogP) is 2.96. The Bertz CT molecular complexity index is 546. The van der Waals surface area contributed by atoms with Crippen LogP contribution >= 0.6 is 7.60 Å². The summed E-state index contributed by atoms with van der Waals surface area (Å²) in [4.78, 5) is 11.9. The smallest absolute Gasteiger partial charge is 0.347 e. The van der Waals surface area contributed by atoms with Crippen molar-refractivity contribution in [2.45, 2.75) is 25.9 Å². The summed E-state index contributed by atoms with van der Waals surface area (Å²) in [5.74, 6) is -0.236. The third-order valence-electron chi connectivity index (χ3n) is 2.89. The van der Waals surface area contributed by atoms with Crippen LogP contribution in [0.1, 0.15) is 30.6 Å². The van der Waals surface area contributed by atoms with Gasteiger partial charge in [-0.25, -0.2) is 0 Å². The summed E-state index contributed by atoms with van der Waals surface area (Å²) in [5.41, 5.74) is -0.364. The van der Waals surface area contributed by atoms with Crippen LogP contribution in [0.4, 0.5) is 0 Å². The number of nitriles is 1. The molecule has 0 bridgehead atoms. The largest absolute Gasteiger partial charge is 0.352 e. The van der Waals surface area contributed by atoms with Gasteiger partial charge in [0, 0.05) is 12.1 Å². The molecule has 6 nitrogen and oxygen atoms in total. The number of hydrogen-bond acceptors (Lipinski definition) is 5. The van der Waals surface area contributed by atoms with Gasteiger partial charge in [-0.3, -0.25) is 9.36 Å². The lowest BCUT2D eigenvalue weighted by molar-refractivity contribution is 0.0952. The third-order valence-corrected chi connectivity index (χ3v) is 5.26. The maximum Gasteiger partial charge on any atom is 0.347 e. The summed E-state index contributed by atoms with van der Waals surface area (Å²) in [7, 11) is -3.47. The zero-order valence-corrected chi connectivity index (χ0v) is 13.7. The highest BCUT2D eigenvalue weighted by atomic mass is 31.2. The van der Waals surface area contributed by atoms with Gasteiger partial charge in [-0.2, -0.15) is 5.26 Å². The molecular formula is C15H21N2O4P. The maximum atomic E-state index is 12.5. The molecule has 0 radical (unpaired) electrons. The quantitative estimate of drug-likeness (QED) is 0.705. The molecule has 1 unspecified atom stereocenters. The van der Waals surface area contributed by atoms with Gasteiger partial charge in [0.05, 0.1) is 19.3 Å². The van der Waals surface area contributed by atoms with Crippen LogP contribution in [0.2, 0.25) is 0 Å². The van der Waals surface area contributed by atoms with Crippen LogP contribution in [0.25, 0.3) is 0 Å². The molecule has 0 heterocycles. The van der Waals surface area contributed by atoms with Gasteiger partial charge in [-0.05, 0) is 32.4 Å². The molecule has 1 N–H and O–H groups in total. The Morgan fingerprint density at radius 2 is 1.86 bits per heavy atom. The fourth-order valence-electron chi connectivity index (χ4n) is 1.88. The SMILES string of the molecule is CCOP(=O)(OCC)C(C#N)CCNC(=O)c1ccccc1. The topological polar surface area (TPSA) is 88.4 Å². The Morgan fingerprint density at radius 1 is 1.27 bits per heavy atom. The van der Waals surface area contributed by atoms with E-state index in [1.54, 1.807) is 38.1 Å². The molecule has 0 saturated heterocycles. The lowest BCUT2D eigenvalue weighted by Crippen LogP contribution is -2.27. The first-order valence-corrected chi connectivity index (χ1v) is 8.80. The number of hydrogen-bond donors (Lipinski definition) is 1. The van der Waals surface area contributed by atoms with Crippen LogP contribution < -0.4 is 5.32 Å². The Kier molecular flexibility index (Phi) is 7.83. The standard InChI is InChI=1S/C15H21N2O4P/c1-3-20-22(19,21-4-2)14(12-16)10-11-17-15(18)13-8-6-5-7-9-13/h5-9,14H,3-4,10-11H2,1-2H3,(H,17,18). The lowest BCUT2D eigenvalue weighted by Gasteiger charge is -2.21. The van der Waals surface area contributed by atoms with Crippen molar-refractivity contribution >= 4 is 13.5 Å². The van der Waals surface area contributed by atoms with E-state index in [-0.39, 0.29) is 32.1 Å². The summed E-state index contributed by atoms with van der Waals surface area (Å²) in [6.45, 7) is 4.00. The molecule has 120 valence electrons. The summed E-state index contributed by atoms with van der Waals surface area (Å²) < 4.78 is 22.8. The van der Waals surface area contributed by atoms with Gasteiger partial charge in [0.15, 0.2) is 0 Å². The first kappa shape index (κ1) is 18.4. The lowest BCUT2D eigenvalue weighted by atomic mass is 10.2. The number of nitrogens with zero attached hydrogens (tertiary/aromatic N) is 1. The van der Waals surface area contributed by atoms with Gasteiger partial charge >= 0.3 is 7.60 Å². The van der Waals surface area contributed by atoms with Crippen LogP contribution in [-0.2, 0) is 13.6 Å². The minimum Gasteiger partial charge on any atom is -0.352 e. The number of rotatable bonds is 9. The van der Waals surface area contributed by atoms with Gasteiger partial charge in [0.25, 0.3) is 5.91 Å². The predicted molar refractivity (Wildman–Crippen MR) is 83.7 cm³/mol. The molecule has 1 amide bonds. The molecule has 0 fully saturated rings. The molecular weight excluding hydrogens is 303 g/mol. The molecule has 0 aliphatic heterocycles. The maximum absolute atomic E-state index is 12.5. The summed E-state index contributed by atoms with van der Waals surface area (Å²) >= 11 is 0. The van der Waals surface area contributed by atoms with Crippen LogP contribution in [0.5, 0.6) is 0 Å². The minimum atomic E-state index is -3.47. The van der Waals surface area contributed by atoms with Crippen molar-refractivity contribution in [2.24, 2.45) is 0 Å². The molecule has 0 aliphatic rings. The van der Waals surface area contributed by atoms with E-state index < -0.39 is 13.3 Å². The Morgan fingerprint density at radius 3 is 2.36 bits per heavy atom. The highest BCUT2D eigenvalue weighted by Gasteiger charge is 2.35. The zero-order chi connectivity index (χ0) is 16.4. The Balaban J connectivity index is 2.58. The molecule has 0 aliphatic carbocycles. The first-order valence-electron chi connectivity index (χ1n) is 7.19. The molecule has 22 heavy (non-hydrogen) atoms. The Labute approximate surface area is 131 Å². The van der Waals surface area contributed by atoms with E-state index in [2.05, 4.69) is 5.32 Å². The molecule has 0 spiro atoms. The summed E-state index contributed by atoms with van der Waals surface area (Å²) in [6, 6.07) is 10.7. The van der Waals surface area contributed by atoms with Gasteiger partial charge in [0.1, 0.15) is 5.66 Å². The molecule has 0 saturated carbocycles. The van der Waals surface area contributed by atoms with E-state index >= 15 is 0 Å². The second kappa shape index (κ2) is 9.37. The van der Waals surface area contributed by atoms with Crippen LogP contribution in [0.3, 0.4) is 0 Å². The molecule has 7 heteroatoms. The van der Waals surface area contributed by atoms with Crippen LogP contribution in [0, 0.1) is 11.3 Å². The Hall–Kier alpha value is -1.67. The summed E-state index contributed by atoms with van der Waals surface area (Å²) in [6.07, 6.45) is 0.201. The third kappa shape index (κ3) is 5.27. The average molecular weight is 324 g/mol. The number of nitrogens with one attached hydrogen (secondary N) is 1. The van der Waals surface area contributed by atoms with E-state index in [4.69, 9.17) is 9.05 Å². The van der Waals surface area contributed by atoms with Crippen molar-refractivity contribution < 1.29 is 18.4 Å². The van der Waals surface area contributed by atoms with Crippen LogP contribution in [-0.4, -0.2) is 31.3 Å². The normalized spacial score (nSPS) is 12.4. The van der Waals surface area contributed by atoms with E-state index in [9.17, 15) is 14.6 Å². The molecule has 1 aromatic carbocycles. The van der Waals surface area contributed by atoms with Crippen molar-refractivity contribution in [2.75, 3.05) is 19.8 Å². The number of carbonyl (C=O) groups is 1. The average Bonchev–Trinajstić information content (AvgIpc) is 2.52. The van der Waals surface area contributed by atoms with Crippen molar-refractivity contribution in [3.05, 3.63) is 35.9 Å². The molecule has 1 aromatic rings. The van der Waals surface area contributed by atoms with E-state index in [1.165, 1.54) is 0 Å². The van der Waals surface area contributed by atoms with Gasteiger partial charge in [0.2, 0.25) is 0 Å². The van der Waals surface area contributed by atoms with Gasteiger partial charge < -0.3 is 14.4 Å². The molecule has 0 aromatic heterocycles.